The summed E-state index contributed by atoms with van der Waals surface area (Å²) in [5.74, 6) is 0.122. The number of carbonyl (C=O) groups excluding carboxylic acids is 1. The molecule has 1 aliphatic heterocycles. The minimum absolute atomic E-state index is 0.204. The molecule has 1 aromatic carbocycles. The Labute approximate surface area is 105 Å². The lowest BCUT2D eigenvalue weighted by Gasteiger charge is -2.11. The van der Waals surface area contributed by atoms with Gasteiger partial charge in [-0.3, -0.25) is 4.79 Å². The van der Waals surface area contributed by atoms with Crippen LogP contribution in [0.25, 0.3) is 0 Å². The predicted octanol–water partition coefficient (Wildman–Crippen LogP) is 3.30. The van der Waals surface area contributed by atoms with Gasteiger partial charge in [-0.15, -0.1) is 11.8 Å². The van der Waals surface area contributed by atoms with Crippen molar-refractivity contribution in [1.29, 1.82) is 0 Å². The highest BCUT2D eigenvalue weighted by Gasteiger charge is 2.18. The molecule has 92 valence electrons. The molecule has 1 heterocycles. The van der Waals surface area contributed by atoms with Crippen LogP contribution in [0.2, 0.25) is 0 Å². The monoisotopic (exact) mass is 254 g/mol. The van der Waals surface area contributed by atoms with Gasteiger partial charge in [0, 0.05) is 17.3 Å². The Kier molecular flexibility index (Phi) is 4.18. The number of carbonyl (C=O) groups is 1. The fraction of sp³-hybridized carbons (Fsp3) is 0.462. The summed E-state index contributed by atoms with van der Waals surface area (Å²) in [6.45, 7) is 2.21. The number of hydrogen-bond donors (Lipinski definition) is 0. The highest BCUT2D eigenvalue weighted by atomic mass is 32.2. The van der Waals surface area contributed by atoms with E-state index in [0.29, 0.717) is 4.90 Å². The van der Waals surface area contributed by atoms with E-state index in [1.54, 1.807) is 12.1 Å². The number of hydrogen-bond acceptors (Lipinski definition) is 3. The van der Waals surface area contributed by atoms with Gasteiger partial charge in [0.1, 0.15) is 5.82 Å². The third-order valence-electron chi connectivity index (χ3n) is 2.78. The van der Waals surface area contributed by atoms with Crippen molar-refractivity contribution in [3.63, 3.8) is 0 Å². The lowest BCUT2D eigenvalue weighted by Crippen LogP contribution is -2.09. The number of thioether (sulfide) groups is 1. The van der Waals surface area contributed by atoms with Crippen molar-refractivity contribution < 1.29 is 13.9 Å². The molecule has 0 radical (unpaired) electrons. The summed E-state index contributed by atoms with van der Waals surface area (Å²) >= 11 is 1.50. The zero-order chi connectivity index (χ0) is 12.3. The Hall–Kier alpha value is -0.870. The average molecular weight is 254 g/mol. The topological polar surface area (TPSA) is 26.3 Å². The second-order valence-electron chi connectivity index (χ2n) is 4.12. The van der Waals surface area contributed by atoms with E-state index in [-0.39, 0.29) is 17.5 Å². The number of ether oxygens (including phenoxy) is 1. The van der Waals surface area contributed by atoms with E-state index in [1.165, 1.54) is 24.8 Å². The van der Waals surface area contributed by atoms with Crippen LogP contribution in [0.1, 0.15) is 30.1 Å². The molecule has 1 unspecified atom stereocenters. The van der Waals surface area contributed by atoms with Crippen LogP contribution in [0, 0.1) is 5.82 Å². The van der Waals surface area contributed by atoms with E-state index in [0.717, 1.165) is 25.2 Å². The minimum atomic E-state index is -0.435. The molecular weight excluding hydrogens is 239 g/mol. The quantitative estimate of drug-likeness (QED) is 0.609. The Bertz CT molecular complexity index is 414. The Balaban J connectivity index is 2.09. The molecule has 0 spiro atoms. The summed E-state index contributed by atoms with van der Waals surface area (Å²) in [7, 11) is 0. The normalized spacial score (nSPS) is 19.5. The van der Waals surface area contributed by atoms with Crippen LogP contribution < -0.4 is 0 Å². The van der Waals surface area contributed by atoms with E-state index >= 15 is 0 Å². The molecule has 1 aromatic rings. The number of Topliss-reactive ketones (excluding diaryl/α,β-unsaturated/α-hetero) is 1. The molecular formula is C13H15FO2S. The first-order chi connectivity index (χ1) is 8.18. The van der Waals surface area contributed by atoms with Crippen LogP contribution in [0.5, 0.6) is 0 Å². The van der Waals surface area contributed by atoms with Gasteiger partial charge >= 0.3 is 0 Å². The van der Waals surface area contributed by atoms with Gasteiger partial charge in [-0.25, -0.2) is 4.39 Å². The first-order valence-corrected chi connectivity index (χ1v) is 6.71. The van der Waals surface area contributed by atoms with Gasteiger partial charge in [-0.1, -0.05) is 6.07 Å². The highest BCUT2D eigenvalue weighted by Crippen LogP contribution is 2.28. The molecule has 17 heavy (non-hydrogen) atoms. The standard InChI is InChI=1S/C13H15FO2S/c1-9(15)13-11(14)5-2-6-12(13)17-8-10-4-3-7-16-10/h2,5-6,10H,3-4,7-8H2,1H3. The lowest BCUT2D eigenvalue weighted by molar-refractivity contribution is 0.101. The summed E-state index contributed by atoms with van der Waals surface area (Å²) in [4.78, 5) is 12.1. The fourth-order valence-corrected chi connectivity index (χ4v) is 3.11. The molecule has 0 bridgehead atoms. The minimum Gasteiger partial charge on any atom is -0.377 e. The van der Waals surface area contributed by atoms with Crippen molar-refractivity contribution in [2.75, 3.05) is 12.4 Å². The number of rotatable bonds is 4. The third kappa shape index (κ3) is 3.07. The van der Waals surface area contributed by atoms with Gasteiger partial charge in [-0.2, -0.15) is 0 Å². The third-order valence-corrected chi connectivity index (χ3v) is 3.97. The molecule has 0 N–H and O–H groups in total. The fourth-order valence-electron chi connectivity index (χ4n) is 1.92. The molecule has 2 rings (SSSR count). The number of benzene rings is 1. The summed E-state index contributed by atoms with van der Waals surface area (Å²) in [6.07, 6.45) is 2.38. The zero-order valence-electron chi connectivity index (χ0n) is 9.74. The SMILES string of the molecule is CC(=O)c1c(F)cccc1SCC1CCCO1. The van der Waals surface area contributed by atoms with Crippen molar-refractivity contribution >= 4 is 17.5 Å². The van der Waals surface area contributed by atoms with E-state index in [2.05, 4.69) is 0 Å². The van der Waals surface area contributed by atoms with Crippen LogP contribution in [-0.2, 0) is 4.74 Å². The second kappa shape index (κ2) is 5.65. The molecule has 1 atom stereocenters. The highest BCUT2D eigenvalue weighted by molar-refractivity contribution is 7.99. The maximum atomic E-state index is 13.5. The van der Waals surface area contributed by atoms with Crippen LogP contribution in [0.3, 0.4) is 0 Å². The smallest absolute Gasteiger partial charge is 0.163 e. The molecule has 0 amide bonds. The molecule has 0 aliphatic carbocycles. The number of ketones is 1. The molecule has 1 aliphatic rings. The largest absolute Gasteiger partial charge is 0.377 e. The maximum absolute atomic E-state index is 13.5. The number of halogens is 1. The van der Waals surface area contributed by atoms with Crippen LogP contribution in [0.15, 0.2) is 23.1 Å². The zero-order valence-corrected chi connectivity index (χ0v) is 10.6. The Morgan fingerprint density at radius 1 is 1.59 bits per heavy atom. The van der Waals surface area contributed by atoms with E-state index in [9.17, 15) is 9.18 Å². The second-order valence-corrected chi connectivity index (χ2v) is 5.18. The average Bonchev–Trinajstić information content (AvgIpc) is 2.78. The molecule has 0 aromatic heterocycles. The van der Waals surface area contributed by atoms with Gasteiger partial charge in [0.05, 0.1) is 11.7 Å². The van der Waals surface area contributed by atoms with Gasteiger partial charge in [-0.05, 0) is 31.9 Å². The van der Waals surface area contributed by atoms with E-state index in [1.807, 2.05) is 0 Å². The summed E-state index contributed by atoms with van der Waals surface area (Å²) in [5.41, 5.74) is 0.204. The van der Waals surface area contributed by atoms with Gasteiger partial charge in [0.2, 0.25) is 0 Å². The van der Waals surface area contributed by atoms with Gasteiger partial charge in [0.15, 0.2) is 5.78 Å². The first-order valence-electron chi connectivity index (χ1n) is 5.72. The Morgan fingerprint density at radius 3 is 3.06 bits per heavy atom. The maximum Gasteiger partial charge on any atom is 0.163 e. The molecule has 1 saturated heterocycles. The summed E-state index contributed by atoms with van der Waals surface area (Å²) < 4.78 is 19.0. The van der Waals surface area contributed by atoms with Crippen LogP contribution in [0.4, 0.5) is 4.39 Å². The Morgan fingerprint density at radius 2 is 2.41 bits per heavy atom. The van der Waals surface area contributed by atoms with Crippen LogP contribution in [-0.4, -0.2) is 24.2 Å². The molecule has 0 saturated carbocycles. The first kappa shape index (κ1) is 12.6. The van der Waals surface area contributed by atoms with Gasteiger partial charge in [0.25, 0.3) is 0 Å². The summed E-state index contributed by atoms with van der Waals surface area (Å²) in [5, 5.41) is 0. The van der Waals surface area contributed by atoms with Gasteiger partial charge < -0.3 is 4.74 Å². The van der Waals surface area contributed by atoms with Crippen molar-refractivity contribution in [2.24, 2.45) is 0 Å². The van der Waals surface area contributed by atoms with Crippen molar-refractivity contribution in [1.82, 2.24) is 0 Å². The van der Waals surface area contributed by atoms with Crippen molar-refractivity contribution in [3.8, 4) is 0 Å². The van der Waals surface area contributed by atoms with Crippen molar-refractivity contribution in [3.05, 3.63) is 29.6 Å². The predicted molar refractivity (Wildman–Crippen MR) is 66.1 cm³/mol. The molecule has 1 fully saturated rings. The summed E-state index contributed by atoms with van der Waals surface area (Å²) in [6, 6.07) is 4.76. The van der Waals surface area contributed by atoms with E-state index < -0.39 is 5.82 Å². The van der Waals surface area contributed by atoms with E-state index in [4.69, 9.17) is 4.74 Å². The molecule has 4 heteroatoms. The van der Waals surface area contributed by atoms with Crippen LogP contribution >= 0.6 is 11.8 Å². The molecule has 2 nitrogen and oxygen atoms in total. The van der Waals surface area contributed by atoms with Crippen molar-refractivity contribution in [2.45, 2.75) is 30.8 Å². The lowest BCUT2D eigenvalue weighted by atomic mass is 10.1.